The number of carbonyl (C=O) groups excluding carboxylic acids is 2. The summed E-state index contributed by atoms with van der Waals surface area (Å²) in [5.74, 6) is -0.125. The van der Waals surface area contributed by atoms with Gasteiger partial charge in [-0.25, -0.2) is 0 Å². The van der Waals surface area contributed by atoms with Gasteiger partial charge < -0.3 is 16.0 Å². The van der Waals surface area contributed by atoms with E-state index in [0.717, 1.165) is 18.4 Å². The average Bonchev–Trinajstić information content (AvgIpc) is 3.22. The molecule has 0 saturated heterocycles. The van der Waals surface area contributed by atoms with Crippen LogP contribution < -0.4 is 16.0 Å². The fourth-order valence-electron chi connectivity index (χ4n) is 1.85. The van der Waals surface area contributed by atoms with Crippen LogP contribution in [-0.4, -0.2) is 31.4 Å². The second-order valence-electron chi connectivity index (χ2n) is 5.18. The molecule has 0 spiro atoms. The van der Waals surface area contributed by atoms with E-state index in [4.69, 9.17) is 0 Å². The summed E-state index contributed by atoms with van der Waals surface area (Å²) in [6.07, 6.45) is 2.53. The molecule has 20 heavy (non-hydrogen) atoms. The number of carbonyl (C=O) groups is 2. The molecule has 0 atom stereocenters. The van der Waals surface area contributed by atoms with Crippen LogP contribution in [0.1, 0.15) is 35.2 Å². The lowest BCUT2D eigenvalue weighted by atomic mass is 10.1. The van der Waals surface area contributed by atoms with E-state index in [9.17, 15) is 9.59 Å². The van der Waals surface area contributed by atoms with E-state index in [1.54, 1.807) is 19.2 Å². The number of amides is 2. The molecule has 1 aliphatic carbocycles. The Morgan fingerprint density at radius 1 is 1.30 bits per heavy atom. The molecule has 108 valence electrons. The van der Waals surface area contributed by atoms with Crippen LogP contribution in [0.2, 0.25) is 0 Å². The molecular formula is C15H21N3O2. The monoisotopic (exact) mass is 275 g/mol. The van der Waals surface area contributed by atoms with E-state index in [-0.39, 0.29) is 11.8 Å². The van der Waals surface area contributed by atoms with Gasteiger partial charge in [-0.15, -0.1) is 0 Å². The Hall–Kier alpha value is -1.88. The Labute approximate surface area is 119 Å². The van der Waals surface area contributed by atoms with Gasteiger partial charge in [0, 0.05) is 30.3 Å². The minimum absolute atomic E-state index is 0.0535. The van der Waals surface area contributed by atoms with Crippen LogP contribution >= 0.6 is 0 Å². The molecule has 1 aliphatic rings. The van der Waals surface area contributed by atoms with Gasteiger partial charge in [-0.2, -0.15) is 0 Å². The Bertz CT molecular complexity index is 510. The highest BCUT2D eigenvalue weighted by Gasteiger charge is 2.24. The first kappa shape index (κ1) is 14.5. The first-order valence-electron chi connectivity index (χ1n) is 6.96. The summed E-state index contributed by atoms with van der Waals surface area (Å²) in [7, 11) is 1.81. The number of aryl methyl sites for hydroxylation is 1. The predicted molar refractivity (Wildman–Crippen MR) is 78.8 cm³/mol. The first-order valence-corrected chi connectivity index (χ1v) is 6.96. The fraction of sp³-hybridized carbons (Fsp3) is 0.467. The minimum atomic E-state index is -0.0711. The Morgan fingerprint density at radius 2 is 2.05 bits per heavy atom. The molecule has 5 heteroatoms. The quantitative estimate of drug-likeness (QED) is 0.735. The molecule has 2 amide bonds. The molecule has 1 aromatic carbocycles. The van der Waals surface area contributed by atoms with E-state index in [2.05, 4.69) is 16.0 Å². The van der Waals surface area contributed by atoms with Crippen molar-refractivity contribution in [2.75, 3.05) is 18.9 Å². The van der Waals surface area contributed by atoms with Crippen LogP contribution in [0.25, 0.3) is 0 Å². The smallest absolute Gasteiger partial charge is 0.251 e. The van der Waals surface area contributed by atoms with Crippen molar-refractivity contribution in [3.8, 4) is 0 Å². The van der Waals surface area contributed by atoms with Crippen molar-refractivity contribution >= 4 is 17.5 Å². The highest BCUT2D eigenvalue weighted by Crippen LogP contribution is 2.21. The SMILES string of the molecule is CNCCC(=O)Nc1cc(C(=O)NC2CC2)ccc1C. The fourth-order valence-corrected chi connectivity index (χ4v) is 1.85. The average molecular weight is 275 g/mol. The maximum Gasteiger partial charge on any atom is 0.251 e. The van der Waals surface area contributed by atoms with Crippen molar-refractivity contribution in [1.29, 1.82) is 0 Å². The number of anilines is 1. The lowest BCUT2D eigenvalue weighted by molar-refractivity contribution is -0.116. The second kappa shape index (κ2) is 6.52. The van der Waals surface area contributed by atoms with Crippen molar-refractivity contribution in [3.05, 3.63) is 29.3 Å². The highest BCUT2D eigenvalue weighted by atomic mass is 16.2. The standard InChI is InChI=1S/C15H21N3O2/c1-10-3-4-11(15(20)17-12-5-6-12)9-13(10)18-14(19)7-8-16-2/h3-4,9,12,16H,5-8H2,1-2H3,(H,17,20)(H,18,19). The second-order valence-corrected chi connectivity index (χ2v) is 5.18. The molecule has 0 aliphatic heterocycles. The number of hydrogen-bond donors (Lipinski definition) is 3. The van der Waals surface area contributed by atoms with Crippen LogP contribution in [0.3, 0.4) is 0 Å². The maximum absolute atomic E-state index is 12.0. The molecule has 3 N–H and O–H groups in total. The van der Waals surface area contributed by atoms with Gasteiger partial charge in [0.15, 0.2) is 0 Å². The summed E-state index contributed by atoms with van der Waals surface area (Å²) in [6.45, 7) is 2.54. The van der Waals surface area contributed by atoms with E-state index < -0.39 is 0 Å². The molecule has 0 unspecified atom stereocenters. The number of rotatable bonds is 6. The van der Waals surface area contributed by atoms with Crippen LogP contribution in [-0.2, 0) is 4.79 Å². The van der Waals surface area contributed by atoms with Crippen LogP contribution in [0, 0.1) is 6.92 Å². The lowest BCUT2D eigenvalue weighted by Crippen LogP contribution is -2.25. The van der Waals surface area contributed by atoms with Gasteiger partial charge in [-0.3, -0.25) is 9.59 Å². The van der Waals surface area contributed by atoms with Gasteiger partial charge in [0.2, 0.25) is 5.91 Å². The van der Waals surface area contributed by atoms with Crippen LogP contribution in [0.15, 0.2) is 18.2 Å². The Morgan fingerprint density at radius 3 is 2.70 bits per heavy atom. The number of benzene rings is 1. The van der Waals surface area contributed by atoms with Crippen molar-refractivity contribution in [2.24, 2.45) is 0 Å². The van der Waals surface area contributed by atoms with E-state index in [1.807, 2.05) is 13.0 Å². The van der Waals surface area contributed by atoms with Crippen molar-refractivity contribution in [2.45, 2.75) is 32.2 Å². The highest BCUT2D eigenvalue weighted by molar-refractivity contribution is 5.98. The van der Waals surface area contributed by atoms with Crippen molar-refractivity contribution in [1.82, 2.24) is 10.6 Å². The third kappa shape index (κ3) is 4.06. The Balaban J connectivity index is 2.03. The molecule has 1 saturated carbocycles. The molecular weight excluding hydrogens is 254 g/mol. The van der Waals surface area contributed by atoms with Crippen molar-refractivity contribution in [3.63, 3.8) is 0 Å². The summed E-state index contributed by atoms with van der Waals surface area (Å²) >= 11 is 0. The third-order valence-corrected chi connectivity index (χ3v) is 3.29. The van der Waals surface area contributed by atoms with Crippen LogP contribution in [0.5, 0.6) is 0 Å². The van der Waals surface area contributed by atoms with Crippen molar-refractivity contribution < 1.29 is 9.59 Å². The number of nitrogens with one attached hydrogen (secondary N) is 3. The van der Waals surface area contributed by atoms with E-state index in [0.29, 0.717) is 30.3 Å². The van der Waals surface area contributed by atoms with Crippen LogP contribution in [0.4, 0.5) is 5.69 Å². The maximum atomic E-state index is 12.0. The minimum Gasteiger partial charge on any atom is -0.349 e. The zero-order chi connectivity index (χ0) is 14.5. The van der Waals surface area contributed by atoms with Gasteiger partial charge in [0.05, 0.1) is 0 Å². The molecule has 2 rings (SSSR count). The van der Waals surface area contributed by atoms with Gasteiger partial charge in [0.1, 0.15) is 0 Å². The number of hydrogen-bond acceptors (Lipinski definition) is 3. The molecule has 1 fully saturated rings. The summed E-state index contributed by atoms with van der Waals surface area (Å²) in [4.78, 5) is 23.7. The molecule has 0 bridgehead atoms. The largest absolute Gasteiger partial charge is 0.349 e. The van der Waals surface area contributed by atoms with Gasteiger partial charge in [-0.05, 0) is 44.5 Å². The summed E-state index contributed by atoms with van der Waals surface area (Å²) in [5, 5.41) is 8.73. The summed E-state index contributed by atoms with van der Waals surface area (Å²) in [5.41, 5.74) is 2.24. The third-order valence-electron chi connectivity index (χ3n) is 3.29. The summed E-state index contributed by atoms with van der Waals surface area (Å²) < 4.78 is 0. The van der Waals surface area contributed by atoms with E-state index >= 15 is 0 Å². The normalized spacial score (nSPS) is 13.9. The molecule has 0 heterocycles. The molecule has 5 nitrogen and oxygen atoms in total. The van der Waals surface area contributed by atoms with E-state index in [1.165, 1.54) is 0 Å². The summed E-state index contributed by atoms with van der Waals surface area (Å²) in [6, 6.07) is 5.72. The first-order chi connectivity index (χ1) is 9.60. The zero-order valence-electron chi connectivity index (χ0n) is 12.0. The van der Waals surface area contributed by atoms with Gasteiger partial charge >= 0.3 is 0 Å². The Kier molecular flexibility index (Phi) is 4.74. The molecule has 0 radical (unpaired) electrons. The van der Waals surface area contributed by atoms with Gasteiger partial charge in [0.25, 0.3) is 5.91 Å². The molecule has 1 aromatic rings. The topological polar surface area (TPSA) is 70.2 Å². The van der Waals surface area contributed by atoms with Gasteiger partial charge in [-0.1, -0.05) is 6.07 Å². The molecule has 0 aromatic heterocycles. The lowest BCUT2D eigenvalue weighted by Gasteiger charge is -2.11. The zero-order valence-corrected chi connectivity index (χ0v) is 12.0. The predicted octanol–water partition coefficient (Wildman–Crippen LogP) is 1.44.